The number of hydrogen-bond acceptors (Lipinski definition) is 1. The zero-order chi connectivity index (χ0) is 23.5. The molecule has 0 amide bonds. The summed E-state index contributed by atoms with van der Waals surface area (Å²) in [5.41, 5.74) is 3.00. The lowest BCUT2D eigenvalue weighted by Gasteiger charge is -2.25. The van der Waals surface area contributed by atoms with E-state index in [1.807, 2.05) is 13.8 Å². The molecule has 34 heavy (non-hydrogen) atoms. The van der Waals surface area contributed by atoms with Crippen molar-refractivity contribution in [1.82, 2.24) is 5.32 Å². The van der Waals surface area contributed by atoms with Crippen molar-refractivity contribution in [3.63, 3.8) is 0 Å². The minimum absolute atomic E-state index is 0. The van der Waals surface area contributed by atoms with E-state index in [0.29, 0.717) is 33.4 Å². The molecule has 0 fully saturated rings. The SMILES string of the molecule is CC(NC(C)c1cc(F)ccc1-c1ccccc1F)c1cc(F)ccc1-c1ccccc1F.Cl. The normalized spacial score (nSPS) is 12.6. The highest BCUT2D eigenvalue weighted by Gasteiger charge is 2.21. The van der Waals surface area contributed by atoms with Gasteiger partial charge in [-0.05, 0) is 72.5 Å². The van der Waals surface area contributed by atoms with Crippen molar-refractivity contribution in [3.05, 3.63) is 119 Å². The molecule has 0 aliphatic rings. The quantitative estimate of drug-likeness (QED) is 0.270. The molecule has 0 aliphatic carbocycles. The van der Waals surface area contributed by atoms with Crippen LogP contribution in [0.25, 0.3) is 22.3 Å². The van der Waals surface area contributed by atoms with Gasteiger partial charge in [-0.2, -0.15) is 0 Å². The van der Waals surface area contributed by atoms with E-state index in [1.54, 1.807) is 48.5 Å². The van der Waals surface area contributed by atoms with Crippen LogP contribution < -0.4 is 5.32 Å². The lowest BCUT2D eigenvalue weighted by molar-refractivity contribution is 0.490. The van der Waals surface area contributed by atoms with E-state index in [9.17, 15) is 17.6 Å². The maximum Gasteiger partial charge on any atom is 0.131 e. The van der Waals surface area contributed by atoms with E-state index < -0.39 is 35.4 Å². The molecule has 2 atom stereocenters. The van der Waals surface area contributed by atoms with E-state index in [0.717, 1.165) is 0 Å². The Hall–Kier alpha value is -3.15. The van der Waals surface area contributed by atoms with Crippen LogP contribution in [0.5, 0.6) is 0 Å². The van der Waals surface area contributed by atoms with Gasteiger partial charge in [-0.25, -0.2) is 17.6 Å². The summed E-state index contributed by atoms with van der Waals surface area (Å²) in [6, 6.07) is 20.3. The molecule has 0 saturated heterocycles. The second kappa shape index (κ2) is 10.9. The first-order valence-electron chi connectivity index (χ1n) is 10.7. The van der Waals surface area contributed by atoms with Gasteiger partial charge in [0.05, 0.1) is 0 Å². The predicted octanol–water partition coefficient (Wildman–Crippen LogP) is 8.41. The molecule has 1 N–H and O–H groups in total. The molecule has 0 spiro atoms. The lowest BCUT2D eigenvalue weighted by atomic mass is 9.92. The van der Waals surface area contributed by atoms with Crippen LogP contribution in [0.15, 0.2) is 84.9 Å². The van der Waals surface area contributed by atoms with Crippen LogP contribution in [-0.4, -0.2) is 0 Å². The fraction of sp³-hybridized carbons (Fsp3) is 0.143. The molecule has 2 unspecified atom stereocenters. The zero-order valence-electron chi connectivity index (χ0n) is 18.7. The third-order valence-electron chi connectivity index (χ3n) is 5.79. The summed E-state index contributed by atoms with van der Waals surface area (Å²) in [5, 5.41) is 3.35. The molecule has 0 bridgehead atoms. The standard InChI is InChI=1S/C28H23F4N.ClH/c1-17(25-15-19(29)11-13-21(25)23-7-3-5-9-27(23)31)33-18(2)26-16-20(30)12-14-22(26)24-8-4-6-10-28(24)32;/h3-18,33H,1-2H3;1H. The Morgan fingerprint density at radius 2 is 0.912 bits per heavy atom. The number of nitrogens with one attached hydrogen (secondary N) is 1. The number of halogens is 5. The van der Waals surface area contributed by atoms with Gasteiger partial charge < -0.3 is 5.32 Å². The molecule has 0 heterocycles. The largest absolute Gasteiger partial charge is 0.304 e. The lowest BCUT2D eigenvalue weighted by Crippen LogP contribution is -2.24. The highest BCUT2D eigenvalue weighted by atomic mass is 35.5. The van der Waals surface area contributed by atoms with Gasteiger partial charge in [0.15, 0.2) is 0 Å². The van der Waals surface area contributed by atoms with Gasteiger partial charge >= 0.3 is 0 Å². The van der Waals surface area contributed by atoms with Crippen LogP contribution in [0, 0.1) is 23.3 Å². The maximum atomic E-state index is 14.5. The van der Waals surface area contributed by atoms with Gasteiger partial charge in [0.25, 0.3) is 0 Å². The van der Waals surface area contributed by atoms with Crippen molar-refractivity contribution in [3.8, 4) is 22.3 Å². The third kappa shape index (κ3) is 5.32. The van der Waals surface area contributed by atoms with Crippen molar-refractivity contribution in [1.29, 1.82) is 0 Å². The van der Waals surface area contributed by atoms with E-state index in [4.69, 9.17) is 0 Å². The second-order valence-electron chi connectivity index (χ2n) is 8.03. The Morgan fingerprint density at radius 1 is 0.529 bits per heavy atom. The van der Waals surface area contributed by atoms with Crippen LogP contribution >= 0.6 is 12.4 Å². The third-order valence-corrected chi connectivity index (χ3v) is 5.79. The maximum absolute atomic E-state index is 14.5. The summed E-state index contributed by atoms with van der Waals surface area (Å²) in [4.78, 5) is 0. The Bertz CT molecular complexity index is 1190. The first-order chi connectivity index (χ1) is 15.8. The molecule has 4 rings (SSSR count). The van der Waals surface area contributed by atoms with Gasteiger partial charge in [-0.1, -0.05) is 48.5 Å². The van der Waals surface area contributed by atoms with Crippen LogP contribution in [-0.2, 0) is 0 Å². The highest BCUT2D eigenvalue weighted by Crippen LogP contribution is 2.35. The number of hydrogen-bond donors (Lipinski definition) is 1. The van der Waals surface area contributed by atoms with Crippen molar-refractivity contribution >= 4 is 12.4 Å². The van der Waals surface area contributed by atoms with E-state index in [-0.39, 0.29) is 12.4 Å². The summed E-state index contributed by atoms with van der Waals surface area (Å²) in [6.45, 7) is 3.66. The molecule has 0 aliphatic heterocycles. The molecular formula is C28H24ClF4N. The molecule has 0 saturated carbocycles. The minimum Gasteiger partial charge on any atom is -0.304 e. The Morgan fingerprint density at radius 3 is 1.29 bits per heavy atom. The molecule has 1 nitrogen and oxygen atoms in total. The molecule has 0 radical (unpaired) electrons. The molecule has 176 valence electrons. The molecule has 4 aromatic rings. The average molecular weight is 486 g/mol. The van der Waals surface area contributed by atoms with Gasteiger partial charge in [0.1, 0.15) is 23.3 Å². The monoisotopic (exact) mass is 485 g/mol. The summed E-state index contributed by atoms with van der Waals surface area (Å²) in [5.74, 6) is -1.69. The summed E-state index contributed by atoms with van der Waals surface area (Å²) < 4.78 is 57.3. The van der Waals surface area contributed by atoms with Crippen LogP contribution in [0.2, 0.25) is 0 Å². The minimum atomic E-state index is -0.441. The smallest absolute Gasteiger partial charge is 0.131 e. The predicted molar refractivity (Wildman–Crippen MR) is 131 cm³/mol. The summed E-state index contributed by atoms with van der Waals surface area (Å²) in [7, 11) is 0. The van der Waals surface area contributed by atoms with Crippen LogP contribution in [0.4, 0.5) is 17.6 Å². The van der Waals surface area contributed by atoms with Crippen molar-refractivity contribution in [2.45, 2.75) is 25.9 Å². The highest BCUT2D eigenvalue weighted by molar-refractivity contribution is 5.85. The molecule has 6 heteroatoms. The van der Waals surface area contributed by atoms with Gasteiger partial charge in [0, 0.05) is 23.2 Å². The van der Waals surface area contributed by atoms with Crippen molar-refractivity contribution < 1.29 is 17.6 Å². The molecule has 0 aromatic heterocycles. The Kier molecular flexibility index (Phi) is 8.13. The molecule has 4 aromatic carbocycles. The van der Waals surface area contributed by atoms with Gasteiger partial charge in [-0.15, -0.1) is 12.4 Å². The fourth-order valence-electron chi connectivity index (χ4n) is 4.19. The van der Waals surface area contributed by atoms with E-state index >= 15 is 0 Å². The zero-order valence-corrected chi connectivity index (χ0v) is 19.5. The fourth-order valence-corrected chi connectivity index (χ4v) is 4.19. The summed E-state index contributed by atoms with van der Waals surface area (Å²) >= 11 is 0. The van der Waals surface area contributed by atoms with Crippen molar-refractivity contribution in [2.75, 3.05) is 0 Å². The Balaban J connectivity index is 0.00000324. The second-order valence-corrected chi connectivity index (χ2v) is 8.03. The van der Waals surface area contributed by atoms with Gasteiger partial charge in [0.2, 0.25) is 0 Å². The Labute approximate surface area is 202 Å². The van der Waals surface area contributed by atoms with E-state index in [2.05, 4.69) is 5.32 Å². The molecular weight excluding hydrogens is 462 g/mol. The number of rotatable bonds is 6. The summed E-state index contributed by atoms with van der Waals surface area (Å²) in [6.07, 6.45) is 0. The van der Waals surface area contributed by atoms with Crippen LogP contribution in [0.3, 0.4) is 0 Å². The first kappa shape index (κ1) is 25.5. The topological polar surface area (TPSA) is 12.0 Å². The van der Waals surface area contributed by atoms with Crippen molar-refractivity contribution in [2.24, 2.45) is 0 Å². The van der Waals surface area contributed by atoms with Gasteiger partial charge in [-0.3, -0.25) is 0 Å². The van der Waals surface area contributed by atoms with Crippen LogP contribution in [0.1, 0.15) is 37.1 Å². The first-order valence-corrected chi connectivity index (χ1v) is 10.7. The number of benzene rings is 4. The van der Waals surface area contributed by atoms with E-state index in [1.165, 1.54) is 36.4 Å². The average Bonchev–Trinajstić information content (AvgIpc) is 2.80.